The van der Waals surface area contributed by atoms with Gasteiger partial charge >= 0.3 is 6.41 Å². The lowest BCUT2D eigenvalue weighted by Gasteiger charge is -2.12. The summed E-state index contributed by atoms with van der Waals surface area (Å²) in [5, 5.41) is 2.72. The van der Waals surface area contributed by atoms with E-state index in [4.69, 9.17) is 9.47 Å². The standard InChI is InChI=1S/C20H21NO3/c1-20(2,3)13-12-14-8-10-15(11-9-14)18(22)21-19-23-16-6-4-5-7-17(16)24-19/h4-13,19H,1-3H3,(H,21,22). The number of para-hydroxylation sites is 2. The predicted molar refractivity (Wildman–Crippen MR) is 93.9 cm³/mol. The van der Waals surface area contributed by atoms with Gasteiger partial charge in [-0.15, -0.1) is 0 Å². The average Bonchev–Trinajstić information content (AvgIpc) is 2.95. The van der Waals surface area contributed by atoms with Crippen molar-refractivity contribution in [3.05, 3.63) is 65.7 Å². The molecule has 0 aliphatic carbocycles. The van der Waals surface area contributed by atoms with Crippen molar-refractivity contribution in [3.63, 3.8) is 0 Å². The van der Waals surface area contributed by atoms with Crippen LogP contribution in [0, 0.1) is 5.41 Å². The number of amides is 1. The Labute approximate surface area is 142 Å². The molecule has 2 aromatic carbocycles. The van der Waals surface area contributed by atoms with Crippen molar-refractivity contribution in [2.45, 2.75) is 27.2 Å². The lowest BCUT2D eigenvalue weighted by molar-refractivity contribution is 0.0184. The first-order valence-electron chi connectivity index (χ1n) is 7.93. The van der Waals surface area contributed by atoms with Gasteiger partial charge in [0.2, 0.25) is 0 Å². The summed E-state index contributed by atoms with van der Waals surface area (Å²) in [6, 6.07) is 14.7. The van der Waals surface area contributed by atoms with E-state index in [1.165, 1.54) is 0 Å². The van der Waals surface area contributed by atoms with E-state index >= 15 is 0 Å². The first kappa shape index (κ1) is 16.1. The monoisotopic (exact) mass is 323 g/mol. The maximum atomic E-state index is 12.3. The summed E-state index contributed by atoms with van der Waals surface area (Å²) in [6.45, 7) is 6.43. The van der Waals surface area contributed by atoms with E-state index in [2.05, 4.69) is 38.2 Å². The van der Waals surface area contributed by atoms with Gasteiger partial charge in [0.05, 0.1) is 0 Å². The van der Waals surface area contributed by atoms with Crippen LogP contribution in [0.25, 0.3) is 6.08 Å². The SMILES string of the molecule is CC(C)(C)C=Cc1ccc(C(=O)NC2Oc3ccccc3O2)cc1. The van der Waals surface area contributed by atoms with Crippen molar-refractivity contribution >= 4 is 12.0 Å². The highest BCUT2D eigenvalue weighted by atomic mass is 16.7. The molecule has 0 fully saturated rings. The molecule has 0 unspecified atom stereocenters. The van der Waals surface area contributed by atoms with Crippen LogP contribution < -0.4 is 14.8 Å². The molecule has 1 amide bonds. The van der Waals surface area contributed by atoms with Gasteiger partial charge in [-0.3, -0.25) is 10.1 Å². The fourth-order valence-corrected chi connectivity index (χ4v) is 2.24. The van der Waals surface area contributed by atoms with Crippen molar-refractivity contribution in [1.82, 2.24) is 5.32 Å². The van der Waals surface area contributed by atoms with Gasteiger partial charge in [-0.25, -0.2) is 0 Å². The number of fused-ring (bicyclic) bond motifs is 1. The van der Waals surface area contributed by atoms with Gasteiger partial charge in [0, 0.05) is 5.56 Å². The second kappa shape index (κ2) is 6.40. The summed E-state index contributed by atoms with van der Waals surface area (Å²) in [4.78, 5) is 12.3. The minimum Gasteiger partial charge on any atom is -0.433 e. The maximum absolute atomic E-state index is 12.3. The van der Waals surface area contributed by atoms with Crippen molar-refractivity contribution in [2.75, 3.05) is 0 Å². The Morgan fingerprint density at radius 3 is 2.12 bits per heavy atom. The van der Waals surface area contributed by atoms with Crippen LogP contribution in [0.5, 0.6) is 11.5 Å². The average molecular weight is 323 g/mol. The molecule has 0 aromatic heterocycles. The van der Waals surface area contributed by atoms with Gasteiger partial charge in [-0.1, -0.05) is 57.2 Å². The number of benzene rings is 2. The Bertz CT molecular complexity index is 732. The number of nitrogens with one attached hydrogen (secondary N) is 1. The summed E-state index contributed by atoms with van der Waals surface area (Å²) >= 11 is 0. The Morgan fingerprint density at radius 2 is 1.58 bits per heavy atom. The van der Waals surface area contributed by atoms with Crippen LogP contribution in [0.2, 0.25) is 0 Å². The molecule has 3 rings (SSSR count). The number of hydrogen-bond acceptors (Lipinski definition) is 3. The third kappa shape index (κ3) is 3.96. The first-order chi connectivity index (χ1) is 11.4. The first-order valence-corrected chi connectivity index (χ1v) is 7.93. The number of rotatable bonds is 3. The van der Waals surface area contributed by atoms with Crippen molar-refractivity contribution in [1.29, 1.82) is 0 Å². The largest absolute Gasteiger partial charge is 0.433 e. The second-order valence-electron chi connectivity index (χ2n) is 6.81. The number of carbonyl (C=O) groups is 1. The molecule has 0 atom stereocenters. The summed E-state index contributed by atoms with van der Waals surface area (Å²) in [7, 11) is 0. The Kier molecular flexibility index (Phi) is 4.30. The molecule has 0 radical (unpaired) electrons. The van der Waals surface area contributed by atoms with E-state index < -0.39 is 6.41 Å². The minimum atomic E-state index is -0.796. The minimum absolute atomic E-state index is 0.127. The smallest absolute Gasteiger partial charge is 0.327 e. The molecule has 24 heavy (non-hydrogen) atoms. The topological polar surface area (TPSA) is 47.6 Å². The van der Waals surface area contributed by atoms with Crippen LogP contribution in [0.4, 0.5) is 0 Å². The third-order valence-corrected chi connectivity index (χ3v) is 3.51. The van der Waals surface area contributed by atoms with E-state index in [0.29, 0.717) is 17.1 Å². The van der Waals surface area contributed by atoms with Crippen molar-refractivity contribution < 1.29 is 14.3 Å². The van der Waals surface area contributed by atoms with Crippen LogP contribution in [0.15, 0.2) is 54.6 Å². The molecule has 1 N–H and O–H groups in total. The number of ether oxygens (including phenoxy) is 2. The molecule has 0 saturated carbocycles. The summed E-state index contributed by atoms with van der Waals surface area (Å²) < 4.78 is 11.1. The highest BCUT2D eigenvalue weighted by Gasteiger charge is 2.25. The van der Waals surface area contributed by atoms with Gasteiger partial charge in [0.25, 0.3) is 5.91 Å². The molecular formula is C20H21NO3. The molecule has 4 nitrogen and oxygen atoms in total. The predicted octanol–water partition coefficient (Wildman–Crippen LogP) is 4.23. The van der Waals surface area contributed by atoms with Gasteiger partial charge in [0.1, 0.15) is 0 Å². The fraction of sp³-hybridized carbons (Fsp3) is 0.250. The maximum Gasteiger partial charge on any atom is 0.327 e. The van der Waals surface area contributed by atoms with Crippen molar-refractivity contribution in [3.8, 4) is 11.5 Å². The fourth-order valence-electron chi connectivity index (χ4n) is 2.24. The normalized spacial score (nSPS) is 14.1. The zero-order valence-corrected chi connectivity index (χ0v) is 14.1. The van der Waals surface area contributed by atoms with E-state index in [1.807, 2.05) is 24.3 Å². The van der Waals surface area contributed by atoms with Gasteiger partial charge in [-0.05, 0) is 35.2 Å². The number of carbonyl (C=O) groups excluding carboxylic acids is 1. The highest BCUT2D eigenvalue weighted by Crippen LogP contribution is 2.33. The van der Waals surface area contributed by atoms with Crippen molar-refractivity contribution in [2.24, 2.45) is 5.41 Å². The molecule has 2 aromatic rings. The highest BCUT2D eigenvalue weighted by molar-refractivity contribution is 5.94. The van der Waals surface area contributed by atoms with Gasteiger partial charge in [-0.2, -0.15) is 0 Å². The van der Waals surface area contributed by atoms with Crippen LogP contribution in [-0.4, -0.2) is 12.3 Å². The van der Waals surface area contributed by atoms with E-state index in [0.717, 1.165) is 5.56 Å². The summed E-state index contributed by atoms with van der Waals surface area (Å²) in [6.07, 6.45) is 3.40. The molecule has 0 saturated heterocycles. The van der Waals surface area contributed by atoms with Crippen LogP contribution >= 0.6 is 0 Å². The zero-order chi connectivity index (χ0) is 17.2. The lowest BCUT2D eigenvalue weighted by atomic mass is 9.95. The third-order valence-electron chi connectivity index (χ3n) is 3.51. The molecule has 4 heteroatoms. The van der Waals surface area contributed by atoms with E-state index in [9.17, 15) is 4.79 Å². The summed E-state index contributed by atoms with van der Waals surface area (Å²) in [5.41, 5.74) is 1.75. The molecule has 1 heterocycles. The Morgan fingerprint density at radius 1 is 1.00 bits per heavy atom. The Balaban J connectivity index is 1.61. The van der Waals surface area contributed by atoms with Crippen LogP contribution in [0.3, 0.4) is 0 Å². The molecule has 0 bridgehead atoms. The van der Waals surface area contributed by atoms with Gasteiger partial charge < -0.3 is 9.47 Å². The zero-order valence-electron chi connectivity index (χ0n) is 14.1. The number of hydrogen-bond donors (Lipinski definition) is 1. The lowest BCUT2D eigenvalue weighted by Crippen LogP contribution is -2.40. The molecule has 124 valence electrons. The summed E-state index contributed by atoms with van der Waals surface area (Å²) in [5.74, 6) is 1.02. The van der Waals surface area contributed by atoms with Crippen LogP contribution in [-0.2, 0) is 0 Å². The molecule has 1 aliphatic heterocycles. The second-order valence-corrected chi connectivity index (χ2v) is 6.81. The molecular weight excluding hydrogens is 302 g/mol. The van der Waals surface area contributed by atoms with E-state index in [1.54, 1.807) is 24.3 Å². The molecule has 0 spiro atoms. The van der Waals surface area contributed by atoms with Crippen LogP contribution in [0.1, 0.15) is 36.7 Å². The van der Waals surface area contributed by atoms with E-state index in [-0.39, 0.29) is 11.3 Å². The Hall–Kier alpha value is -2.75. The van der Waals surface area contributed by atoms with Gasteiger partial charge in [0.15, 0.2) is 11.5 Å². The molecule has 1 aliphatic rings. The quantitative estimate of drug-likeness (QED) is 0.919. The number of allylic oxidation sites excluding steroid dienone is 1.